The molecule has 0 aromatic heterocycles. The molecule has 0 spiro atoms. The molecular formula is C16H19ClOSi. The van der Waals surface area contributed by atoms with Crippen molar-refractivity contribution in [1.82, 2.24) is 0 Å². The number of halogens is 1. The minimum absolute atomic E-state index is 0.0930. The van der Waals surface area contributed by atoms with E-state index in [4.69, 9.17) is 16.0 Å². The molecule has 19 heavy (non-hydrogen) atoms. The monoisotopic (exact) mass is 290 g/mol. The summed E-state index contributed by atoms with van der Waals surface area (Å²) in [6.07, 6.45) is 8.02. The van der Waals surface area contributed by atoms with Crippen LogP contribution >= 0.6 is 11.6 Å². The van der Waals surface area contributed by atoms with Gasteiger partial charge >= 0.3 is 0 Å². The Morgan fingerprint density at radius 3 is 2.37 bits per heavy atom. The molecule has 1 unspecified atom stereocenters. The van der Waals surface area contributed by atoms with Crippen molar-refractivity contribution in [2.45, 2.75) is 25.6 Å². The minimum Gasteiger partial charge on any atom is -0.546 e. The van der Waals surface area contributed by atoms with E-state index in [0.717, 1.165) is 5.76 Å². The molecule has 0 heterocycles. The van der Waals surface area contributed by atoms with Gasteiger partial charge in [0.05, 0.1) is 11.0 Å². The first kappa shape index (κ1) is 14.2. The molecule has 1 atom stereocenters. The van der Waals surface area contributed by atoms with Gasteiger partial charge in [0.15, 0.2) is 0 Å². The third-order valence-electron chi connectivity index (χ3n) is 2.75. The second kappa shape index (κ2) is 5.80. The van der Waals surface area contributed by atoms with Gasteiger partial charge in [-0.05, 0) is 31.3 Å². The number of hydrogen-bond acceptors (Lipinski definition) is 1. The number of benzene rings is 1. The van der Waals surface area contributed by atoms with Gasteiger partial charge in [-0.2, -0.15) is 0 Å². The quantitative estimate of drug-likeness (QED) is 0.695. The van der Waals surface area contributed by atoms with Crippen molar-refractivity contribution in [3.8, 4) is 0 Å². The van der Waals surface area contributed by atoms with Crippen LogP contribution < -0.4 is 0 Å². The molecule has 0 bridgehead atoms. The van der Waals surface area contributed by atoms with Gasteiger partial charge < -0.3 is 4.43 Å². The normalized spacial score (nSPS) is 19.5. The van der Waals surface area contributed by atoms with Crippen molar-refractivity contribution in [1.29, 1.82) is 0 Å². The van der Waals surface area contributed by atoms with Crippen LogP contribution in [-0.4, -0.2) is 8.32 Å². The molecule has 0 radical (unpaired) electrons. The van der Waals surface area contributed by atoms with Crippen LogP contribution in [0.15, 0.2) is 65.4 Å². The fourth-order valence-electron chi connectivity index (χ4n) is 2.00. The minimum atomic E-state index is -1.69. The third-order valence-corrected chi connectivity index (χ3v) is 3.89. The van der Waals surface area contributed by atoms with E-state index in [1.165, 1.54) is 5.56 Å². The van der Waals surface area contributed by atoms with E-state index < -0.39 is 8.32 Å². The summed E-state index contributed by atoms with van der Waals surface area (Å²) in [6.45, 7) is 6.51. The second-order valence-corrected chi connectivity index (χ2v) is 10.4. The zero-order valence-electron chi connectivity index (χ0n) is 11.6. The van der Waals surface area contributed by atoms with Crippen LogP contribution in [0.1, 0.15) is 11.5 Å². The smallest absolute Gasteiger partial charge is 0.241 e. The predicted molar refractivity (Wildman–Crippen MR) is 84.8 cm³/mol. The lowest BCUT2D eigenvalue weighted by Crippen LogP contribution is -2.27. The summed E-state index contributed by atoms with van der Waals surface area (Å²) in [5.74, 6) is 0.965. The summed E-state index contributed by atoms with van der Waals surface area (Å²) >= 11 is 6.39. The van der Waals surface area contributed by atoms with E-state index >= 15 is 0 Å². The van der Waals surface area contributed by atoms with Crippen molar-refractivity contribution in [3.05, 3.63) is 71.0 Å². The third kappa shape index (κ3) is 3.85. The molecular weight excluding hydrogens is 272 g/mol. The van der Waals surface area contributed by atoms with Gasteiger partial charge in [-0.15, -0.1) is 0 Å². The molecule has 1 aromatic rings. The van der Waals surface area contributed by atoms with Crippen LogP contribution in [0, 0.1) is 0 Å². The van der Waals surface area contributed by atoms with Gasteiger partial charge in [0.1, 0.15) is 5.76 Å². The molecule has 1 aliphatic carbocycles. The standard InChI is InChI=1S/C16H19ClOSi/c1-19(2,3)18-16-14(11-7-8-12-15(16)17)13-9-5-4-6-10-13/h4-12,14H,1-3H3. The summed E-state index contributed by atoms with van der Waals surface area (Å²) in [5.41, 5.74) is 1.20. The molecule has 0 N–H and O–H groups in total. The van der Waals surface area contributed by atoms with E-state index in [0.29, 0.717) is 5.03 Å². The number of hydrogen-bond donors (Lipinski definition) is 0. The van der Waals surface area contributed by atoms with Crippen LogP contribution in [0.5, 0.6) is 0 Å². The Morgan fingerprint density at radius 1 is 1.05 bits per heavy atom. The van der Waals surface area contributed by atoms with Crippen LogP contribution in [0.25, 0.3) is 0 Å². The number of allylic oxidation sites excluding steroid dienone is 5. The summed E-state index contributed by atoms with van der Waals surface area (Å²) < 4.78 is 6.22. The van der Waals surface area contributed by atoms with Crippen LogP contribution in [0.2, 0.25) is 19.6 Å². The Morgan fingerprint density at radius 2 is 1.74 bits per heavy atom. The lowest BCUT2D eigenvalue weighted by atomic mass is 9.97. The molecule has 1 aliphatic rings. The predicted octanol–water partition coefficient (Wildman–Crippen LogP) is 5.20. The maximum atomic E-state index is 6.39. The van der Waals surface area contributed by atoms with Crippen molar-refractivity contribution < 1.29 is 4.43 Å². The SMILES string of the molecule is C[Si](C)(C)OC1=C(Cl)C=CC=CC1c1ccccc1. The van der Waals surface area contributed by atoms with E-state index in [9.17, 15) is 0 Å². The van der Waals surface area contributed by atoms with Crippen molar-refractivity contribution in [2.24, 2.45) is 0 Å². The first-order chi connectivity index (χ1) is 8.97. The summed E-state index contributed by atoms with van der Waals surface area (Å²) in [6, 6.07) is 10.3. The van der Waals surface area contributed by atoms with Crippen LogP contribution in [0.4, 0.5) is 0 Å². The van der Waals surface area contributed by atoms with Gasteiger partial charge in [-0.3, -0.25) is 0 Å². The average Bonchev–Trinajstić information content (AvgIpc) is 2.52. The van der Waals surface area contributed by atoms with Gasteiger partial charge in [-0.1, -0.05) is 60.2 Å². The largest absolute Gasteiger partial charge is 0.546 e. The zero-order chi connectivity index (χ0) is 13.9. The Bertz CT molecular complexity index is 523. The molecule has 0 fully saturated rings. The van der Waals surface area contributed by atoms with Crippen LogP contribution in [-0.2, 0) is 4.43 Å². The first-order valence-corrected chi connectivity index (χ1v) is 10.2. The Kier molecular flexibility index (Phi) is 4.33. The fraction of sp³-hybridized carbons (Fsp3) is 0.250. The summed E-state index contributed by atoms with van der Waals surface area (Å²) in [7, 11) is -1.69. The Labute approximate surface area is 121 Å². The molecule has 100 valence electrons. The summed E-state index contributed by atoms with van der Waals surface area (Å²) in [4.78, 5) is 0. The Hall–Kier alpha value is -1.25. The first-order valence-electron chi connectivity index (χ1n) is 6.46. The highest BCUT2D eigenvalue weighted by Gasteiger charge is 2.25. The molecule has 1 nitrogen and oxygen atoms in total. The zero-order valence-corrected chi connectivity index (χ0v) is 13.3. The average molecular weight is 291 g/mol. The molecule has 0 amide bonds. The molecule has 0 saturated heterocycles. The van der Waals surface area contributed by atoms with E-state index in [1.807, 2.05) is 36.4 Å². The second-order valence-electron chi connectivity index (χ2n) is 5.56. The molecule has 1 aromatic carbocycles. The maximum Gasteiger partial charge on any atom is 0.241 e. The van der Waals surface area contributed by atoms with Gasteiger partial charge in [0.25, 0.3) is 0 Å². The van der Waals surface area contributed by atoms with Gasteiger partial charge in [0, 0.05) is 0 Å². The van der Waals surface area contributed by atoms with E-state index in [2.05, 4.69) is 37.8 Å². The van der Waals surface area contributed by atoms with Crippen LogP contribution in [0.3, 0.4) is 0 Å². The van der Waals surface area contributed by atoms with E-state index in [-0.39, 0.29) is 5.92 Å². The van der Waals surface area contributed by atoms with Gasteiger partial charge in [0.2, 0.25) is 8.32 Å². The van der Waals surface area contributed by atoms with E-state index in [1.54, 1.807) is 0 Å². The number of rotatable bonds is 3. The highest BCUT2D eigenvalue weighted by atomic mass is 35.5. The lowest BCUT2D eigenvalue weighted by molar-refractivity contribution is 0.394. The van der Waals surface area contributed by atoms with Crippen molar-refractivity contribution in [3.63, 3.8) is 0 Å². The fourth-order valence-corrected chi connectivity index (χ4v) is 3.19. The summed E-state index contributed by atoms with van der Waals surface area (Å²) in [5, 5.41) is 0.696. The maximum absolute atomic E-state index is 6.39. The lowest BCUT2D eigenvalue weighted by Gasteiger charge is -2.27. The molecule has 0 saturated carbocycles. The van der Waals surface area contributed by atoms with Crippen molar-refractivity contribution in [2.75, 3.05) is 0 Å². The highest BCUT2D eigenvalue weighted by molar-refractivity contribution is 6.70. The van der Waals surface area contributed by atoms with Crippen molar-refractivity contribution >= 4 is 19.9 Å². The molecule has 2 rings (SSSR count). The Balaban J connectivity index is 2.42. The molecule has 0 aliphatic heterocycles. The highest BCUT2D eigenvalue weighted by Crippen LogP contribution is 2.34. The topological polar surface area (TPSA) is 9.23 Å². The molecule has 3 heteroatoms. The van der Waals surface area contributed by atoms with Gasteiger partial charge in [-0.25, -0.2) is 0 Å².